The van der Waals surface area contributed by atoms with E-state index in [0.717, 1.165) is 27.5 Å². The quantitative estimate of drug-likeness (QED) is 0.486. The number of aryl methyl sites for hydroxylation is 3. The number of amides is 1. The van der Waals surface area contributed by atoms with Crippen LogP contribution in [0.2, 0.25) is 0 Å². The van der Waals surface area contributed by atoms with E-state index in [2.05, 4.69) is 5.32 Å². The van der Waals surface area contributed by atoms with Gasteiger partial charge < -0.3 is 19.3 Å². The lowest BCUT2D eigenvalue weighted by Crippen LogP contribution is -2.20. The number of rotatable bonds is 5. The first kappa shape index (κ1) is 19.9. The molecule has 154 valence electrons. The molecule has 4 rings (SSSR count). The van der Waals surface area contributed by atoms with Crippen LogP contribution in [-0.4, -0.2) is 17.6 Å². The van der Waals surface area contributed by atoms with Crippen molar-refractivity contribution in [2.24, 2.45) is 0 Å². The summed E-state index contributed by atoms with van der Waals surface area (Å²) < 4.78 is 11.3. The standard InChI is InChI=1S/C24H23NO5/c1-13-10-19-22(23-21(13)14(2)12-29-23)15(3)18(24(28)30-19)11-20(27)25-17-6-4-16(5-7-17)8-9-26/h4-7,10,12,26H,8-9,11H2,1-3H3,(H,25,27). The first-order chi connectivity index (χ1) is 14.4. The topological polar surface area (TPSA) is 92.7 Å². The summed E-state index contributed by atoms with van der Waals surface area (Å²) in [6, 6.07) is 9.08. The van der Waals surface area contributed by atoms with E-state index in [1.54, 1.807) is 18.4 Å². The van der Waals surface area contributed by atoms with Crippen molar-refractivity contribution in [3.63, 3.8) is 0 Å². The molecule has 0 fully saturated rings. The average Bonchev–Trinajstić information content (AvgIpc) is 3.09. The molecule has 0 bridgehead atoms. The Labute approximate surface area is 173 Å². The fraction of sp³-hybridized carbons (Fsp3) is 0.250. The number of furan rings is 1. The number of hydrogen-bond acceptors (Lipinski definition) is 5. The second-order valence-corrected chi connectivity index (χ2v) is 7.58. The van der Waals surface area contributed by atoms with Gasteiger partial charge in [0.2, 0.25) is 5.91 Å². The second-order valence-electron chi connectivity index (χ2n) is 7.58. The molecule has 6 nitrogen and oxygen atoms in total. The Morgan fingerprint density at radius 1 is 1.07 bits per heavy atom. The molecule has 0 aliphatic carbocycles. The van der Waals surface area contributed by atoms with Crippen molar-refractivity contribution in [3.8, 4) is 0 Å². The number of carbonyl (C=O) groups excluding carboxylic acids is 1. The van der Waals surface area contributed by atoms with Gasteiger partial charge in [0.1, 0.15) is 11.2 Å². The lowest BCUT2D eigenvalue weighted by molar-refractivity contribution is -0.115. The third kappa shape index (κ3) is 3.50. The van der Waals surface area contributed by atoms with Crippen molar-refractivity contribution in [2.45, 2.75) is 33.6 Å². The van der Waals surface area contributed by atoms with Crippen LogP contribution in [0.3, 0.4) is 0 Å². The van der Waals surface area contributed by atoms with Gasteiger partial charge in [0.25, 0.3) is 0 Å². The summed E-state index contributed by atoms with van der Waals surface area (Å²) in [6.45, 7) is 5.81. The Morgan fingerprint density at radius 3 is 2.50 bits per heavy atom. The molecule has 0 saturated carbocycles. The van der Waals surface area contributed by atoms with Gasteiger partial charge in [-0.25, -0.2) is 4.79 Å². The smallest absolute Gasteiger partial charge is 0.340 e. The molecule has 0 aliphatic rings. The lowest BCUT2D eigenvalue weighted by atomic mass is 9.98. The van der Waals surface area contributed by atoms with E-state index in [1.165, 1.54) is 0 Å². The minimum Gasteiger partial charge on any atom is -0.463 e. The molecular formula is C24H23NO5. The van der Waals surface area contributed by atoms with Crippen LogP contribution in [0.4, 0.5) is 5.69 Å². The SMILES string of the molecule is Cc1coc2c1c(C)cc1oc(=O)c(CC(=O)Nc3ccc(CCO)cc3)c(C)c12. The highest BCUT2D eigenvalue weighted by atomic mass is 16.4. The van der Waals surface area contributed by atoms with Crippen LogP contribution in [0.1, 0.15) is 27.8 Å². The molecule has 0 radical (unpaired) electrons. The van der Waals surface area contributed by atoms with Crippen molar-refractivity contribution in [1.29, 1.82) is 0 Å². The fourth-order valence-corrected chi connectivity index (χ4v) is 3.93. The number of fused-ring (bicyclic) bond motifs is 3. The number of carbonyl (C=O) groups is 1. The summed E-state index contributed by atoms with van der Waals surface area (Å²) in [5, 5.41) is 13.5. The molecule has 2 N–H and O–H groups in total. The maximum Gasteiger partial charge on any atom is 0.340 e. The van der Waals surface area contributed by atoms with Gasteiger partial charge in [-0.15, -0.1) is 0 Å². The zero-order valence-electron chi connectivity index (χ0n) is 17.2. The highest BCUT2D eigenvalue weighted by molar-refractivity contribution is 6.07. The van der Waals surface area contributed by atoms with Crippen LogP contribution >= 0.6 is 0 Å². The van der Waals surface area contributed by atoms with E-state index in [9.17, 15) is 9.59 Å². The number of aliphatic hydroxyl groups is 1. The third-order valence-corrected chi connectivity index (χ3v) is 5.44. The average molecular weight is 405 g/mol. The largest absolute Gasteiger partial charge is 0.463 e. The Balaban J connectivity index is 1.68. The van der Waals surface area contributed by atoms with Crippen LogP contribution in [0.5, 0.6) is 0 Å². The van der Waals surface area contributed by atoms with E-state index in [-0.39, 0.29) is 18.9 Å². The summed E-state index contributed by atoms with van der Waals surface area (Å²) in [4.78, 5) is 25.2. The van der Waals surface area contributed by atoms with Crippen molar-refractivity contribution in [2.75, 3.05) is 11.9 Å². The number of anilines is 1. The fourth-order valence-electron chi connectivity index (χ4n) is 3.93. The molecule has 6 heteroatoms. The van der Waals surface area contributed by atoms with Crippen molar-refractivity contribution < 1.29 is 18.7 Å². The normalized spacial score (nSPS) is 11.3. The molecule has 4 aromatic rings. The molecule has 2 aromatic carbocycles. The van der Waals surface area contributed by atoms with Gasteiger partial charge in [0, 0.05) is 17.7 Å². The highest BCUT2D eigenvalue weighted by Gasteiger charge is 2.20. The van der Waals surface area contributed by atoms with Crippen molar-refractivity contribution in [1.82, 2.24) is 0 Å². The monoisotopic (exact) mass is 405 g/mol. The highest BCUT2D eigenvalue weighted by Crippen LogP contribution is 2.34. The number of nitrogens with one attached hydrogen (secondary N) is 1. The van der Waals surface area contributed by atoms with E-state index >= 15 is 0 Å². The molecule has 0 aliphatic heterocycles. The Bertz CT molecular complexity index is 1310. The summed E-state index contributed by atoms with van der Waals surface area (Å²) in [5.41, 5.74) is 5.21. The predicted octanol–water partition coefficient (Wildman–Crippen LogP) is 4.18. The van der Waals surface area contributed by atoms with Gasteiger partial charge >= 0.3 is 5.63 Å². The Hall–Kier alpha value is -3.38. The van der Waals surface area contributed by atoms with E-state index in [0.29, 0.717) is 34.4 Å². The first-order valence-corrected chi connectivity index (χ1v) is 9.82. The molecule has 2 heterocycles. The maximum absolute atomic E-state index is 12.6. The van der Waals surface area contributed by atoms with Gasteiger partial charge in [-0.3, -0.25) is 4.79 Å². The minimum atomic E-state index is -0.518. The van der Waals surface area contributed by atoms with Gasteiger partial charge in [-0.2, -0.15) is 0 Å². The predicted molar refractivity (Wildman–Crippen MR) is 116 cm³/mol. The summed E-state index contributed by atoms with van der Waals surface area (Å²) >= 11 is 0. The molecule has 30 heavy (non-hydrogen) atoms. The zero-order valence-corrected chi connectivity index (χ0v) is 17.2. The third-order valence-electron chi connectivity index (χ3n) is 5.44. The van der Waals surface area contributed by atoms with Crippen molar-refractivity contribution >= 4 is 33.5 Å². The van der Waals surface area contributed by atoms with Gasteiger partial charge in [0.05, 0.1) is 23.6 Å². The number of aliphatic hydroxyl groups excluding tert-OH is 1. The summed E-state index contributed by atoms with van der Waals surface area (Å²) in [6.07, 6.45) is 2.15. The lowest BCUT2D eigenvalue weighted by Gasteiger charge is -2.10. The van der Waals surface area contributed by atoms with E-state index in [1.807, 2.05) is 39.0 Å². The first-order valence-electron chi connectivity index (χ1n) is 9.82. The summed E-state index contributed by atoms with van der Waals surface area (Å²) in [7, 11) is 0. The Kier molecular flexibility index (Phi) is 5.18. The van der Waals surface area contributed by atoms with Crippen LogP contribution in [0.25, 0.3) is 21.9 Å². The molecule has 0 spiro atoms. The van der Waals surface area contributed by atoms with Crippen LogP contribution < -0.4 is 10.9 Å². The van der Waals surface area contributed by atoms with E-state index < -0.39 is 5.63 Å². The molecule has 0 atom stereocenters. The number of benzene rings is 2. The van der Waals surface area contributed by atoms with Crippen LogP contribution in [-0.2, 0) is 17.6 Å². The van der Waals surface area contributed by atoms with Crippen LogP contribution in [0.15, 0.2) is 50.2 Å². The summed E-state index contributed by atoms with van der Waals surface area (Å²) in [5.74, 6) is -0.307. The van der Waals surface area contributed by atoms with Gasteiger partial charge in [-0.1, -0.05) is 12.1 Å². The molecule has 0 saturated heterocycles. The van der Waals surface area contributed by atoms with Crippen molar-refractivity contribution in [3.05, 3.63) is 74.8 Å². The zero-order chi connectivity index (χ0) is 21.4. The molecule has 1 amide bonds. The number of hydrogen-bond donors (Lipinski definition) is 2. The molecular weight excluding hydrogens is 382 g/mol. The van der Waals surface area contributed by atoms with Gasteiger partial charge in [0.15, 0.2) is 0 Å². The molecule has 0 unspecified atom stereocenters. The minimum absolute atomic E-state index is 0.0741. The Morgan fingerprint density at radius 2 is 1.80 bits per heavy atom. The maximum atomic E-state index is 12.6. The van der Waals surface area contributed by atoms with Crippen LogP contribution in [0, 0.1) is 20.8 Å². The van der Waals surface area contributed by atoms with Gasteiger partial charge in [-0.05, 0) is 67.6 Å². The molecule has 2 aromatic heterocycles. The van der Waals surface area contributed by atoms with E-state index in [4.69, 9.17) is 13.9 Å². The second kappa shape index (κ2) is 7.80.